The van der Waals surface area contributed by atoms with Gasteiger partial charge in [0.2, 0.25) is 11.2 Å². The van der Waals surface area contributed by atoms with E-state index in [1.807, 2.05) is 41.1 Å². The molecule has 1 aliphatic carbocycles. The van der Waals surface area contributed by atoms with E-state index in [9.17, 15) is 19.8 Å². The van der Waals surface area contributed by atoms with Gasteiger partial charge in [0.25, 0.3) is 0 Å². The van der Waals surface area contributed by atoms with E-state index < -0.39 is 19.9 Å². The van der Waals surface area contributed by atoms with Crippen LogP contribution in [0.4, 0.5) is 0 Å². The maximum absolute atomic E-state index is 13.4. The highest BCUT2D eigenvalue weighted by Crippen LogP contribution is 2.41. The molecule has 3 heterocycles. The summed E-state index contributed by atoms with van der Waals surface area (Å²) in [5, 5.41) is 30.2. The molecule has 5 aromatic rings. The first-order valence-electron chi connectivity index (χ1n) is 19.8. The minimum Gasteiger partial charge on any atom is -0.506 e. The van der Waals surface area contributed by atoms with Crippen LogP contribution >= 0.6 is 22.7 Å². The van der Waals surface area contributed by atoms with Crippen LogP contribution in [0.3, 0.4) is 0 Å². The van der Waals surface area contributed by atoms with Crippen molar-refractivity contribution in [3.05, 3.63) is 115 Å². The van der Waals surface area contributed by atoms with Crippen molar-refractivity contribution in [3.63, 3.8) is 0 Å². The summed E-state index contributed by atoms with van der Waals surface area (Å²) in [5.41, 5.74) is 0.526. The Bertz CT molecular complexity index is 2070. The molecule has 57 heavy (non-hydrogen) atoms. The maximum Gasteiger partial charge on any atom is 0.349 e. The zero-order chi connectivity index (χ0) is 40.8. The molecule has 6 rings (SSSR count). The van der Waals surface area contributed by atoms with Crippen LogP contribution in [0, 0.1) is 0 Å². The molecule has 10 nitrogen and oxygen atoms in total. The van der Waals surface area contributed by atoms with Crippen molar-refractivity contribution in [1.82, 2.24) is 15.2 Å². The first-order chi connectivity index (χ1) is 27.2. The number of pyridine rings is 1. The van der Waals surface area contributed by atoms with Crippen molar-refractivity contribution >= 4 is 47.9 Å². The normalized spacial score (nSPS) is 17.2. The average molecular weight is 832 g/mol. The number of hydrogen-bond acceptors (Lipinski definition) is 11. The van der Waals surface area contributed by atoms with Gasteiger partial charge in [0, 0.05) is 30.6 Å². The lowest BCUT2D eigenvalue weighted by Crippen LogP contribution is -2.43. The molecule has 1 atom stereocenters. The number of thiophene rings is 2. The van der Waals surface area contributed by atoms with Gasteiger partial charge < -0.3 is 39.3 Å². The summed E-state index contributed by atoms with van der Waals surface area (Å²) in [6.07, 6.45) is 3.67. The second kappa shape index (κ2) is 18.4. The lowest BCUT2D eigenvalue weighted by atomic mass is 9.91. The molecule has 1 aliphatic rings. The third-order valence-corrected chi connectivity index (χ3v) is 18.1. The van der Waals surface area contributed by atoms with Crippen LogP contribution < -0.4 is 15.6 Å². The molecule has 3 aromatic heterocycles. The Hall–Kier alpha value is -3.82. The Morgan fingerprint density at radius 2 is 1.63 bits per heavy atom. The Labute approximate surface area is 345 Å². The Kier molecular flexibility index (Phi) is 13.8. The number of fused-ring (bicyclic) bond motifs is 1. The van der Waals surface area contributed by atoms with Crippen molar-refractivity contribution in [1.29, 1.82) is 0 Å². The summed E-state index contributed by atoms with van der Waals surface area (Å²) in [6, 6.07) is 22.7. The molecule has 1 saturated carbocycles. The van der Waals surface area contributed by atoms with Crippen molar-refractivity contribution in [3.8, 4) is 11.5 Å². The van der Waals surface area contributed by atoms with Crippen LogP contribution in [0.2, 0.25) is 18.1 Å². The number of aromatic amines is 1. The number of rotatable bonds is 17. The molecule has 0 spiro atoms. The lowest BCUT2D eigenvalue weighted by molar-refractivity contribution is -0.169. The van der Waals surface area contributed by atoms with E-state index in [2.05, 4.69) is 68.2 Å². The van der Waals surface area contributed by atoms with E-state index in [-0.39, 0.29) is 28.6 Å². The number of aromatic hydroxyl groups is 1. The highest BCUT2D eigenvalue weighted by atomic mass is 32.1. The van der Waals surface area contributed by atoms with Gasteiger partial charge in [-0.3, -0.25) is 4.79 Å². The van der Waals surface area contributed by atoms with Gasteiger partial charge in [0.1, 0.15) is 24.2 Å². The fraction of sp³-hybridized carbons (Fsp3) is 0.455. The van der Waals surface area contributed by atoms with Crippen LogP contribution in [0.5, 0.6) is 11.5 Å². The molecular weight excluding hydrogens is 775 g/mol. The molecule has 1 fully saturated rings. The number of phenolic OH excluding ortho intramolecular Hbond substituents is 1. The Balaban J connectivity index is 0.944. The quantitative estimate of drug-likeness (QED) is 0.0415. The summed E-state index contributed by atoms with van der Waals surface area (Å²) in [5.74, 6) is 0.278. The second-order valence-corrected chi connectivity index (χ2v) is 23.2. The molecule has 0 aliphatic heterocycles. The number of carbonyl (C=O) groups excluding carboxylic acids is 1. The van der Waals surface area contributed by atoms with Gasteiger partial charge in [-0.2, -0.15) is 0 Å². The Morgan fingerprint density at radius 3 is 2.25 bits per heavy atom. The second-order valence-electron chi connectivity index (χ2n) is 16.6. The predicted molar refractivity (Wildman–Crippen MR) is 232 cm³/mol. The van der Waals surface area contributed by atoms with E-state index in [4.69, 9.17) is 13.9 Å². The van der Waals surface area contributed by atoms with Crippen LogP contribution in [0.1, 0.15) is 73.4 Å². The summed E-state index contributed by atoms with van der Waals surface area (Å²) < 4.78 is 19.0. The Morgan fingerprint density at radius 1 is 0.965 bits per heavy atom. The summed E-state index contributed by atoms with van der Waals surface area (Å²) >= 11 is 2.71. The zero-order valence-electron chi connectivity index (χ0n) is 33.9. The fourth-order valence-corrected chi connectivity index (χ4v) is 10.1. The third-order valence-electron chi connectivity index (χ3n) is 11.6. The van der Waals surface area contributed by atoms with Crippen molar-refractivity contribution in [2.45, 2.75) is 94.9 Å². The zero-order valence-corrected chi connectivity index (χ0v) is 36.5. The standard InChI is InChI=1S/C44H57N3O7S2Si/c1-43(2,3)57(5,6)54-37(34-19-21-36(48)41-35(34)20-22-40(49)46-41)29-45-24-23-30-11-15-32(16-12-30)52-26-25-47(4)31-13-17-33(18-14-31)53-42(50)44(51,38-9-7-27-55-38)39-10-8-28-56-39/h7-12,15-16,19-22,27-28,31,33,37,45,48,51H,13-14,17-18,23-26,29H2,1-6H3,(H,46,49)/t31?,33?,37-/m1/s1. The van der Waals surface area contributed by atoms with Crippen LogP contribution in [-0.2, 0) is 26.0 Å². The number of likely N-dealkylation sites (N-methyl/N-ethyl adjacent to an activating group) is 1. The van der Waals surface area contributed by atoms with Gasteiger partial charge in [-0.05, 0) is 122 Å². The maximum atomic E-state index is 13.4. The molecule has 13 heteroatoms. The number of aliphatic hydroxyl groups is 1. The molecule has 0 radical (unpaired) electrons. The first kappa shape index (κ1) is 42.8. The number of aromatic nitrogens is 1. The van der Waals surface area contributed by atoms with E-state index in [0.717, 1.165) is 61.9 Å². The minimum atomic E-state index is -2.17. The predicted octanol–water partition coefficient (Wildman–Crippen LogP) is 8.35. The highest BCUT2D eigenvalue weighted by molar-refractivity contribution is 7.12. The fourth-order valence-electron chi connectivity index (χ4n) is 7.13. The molecular formula is C44H57N3O7S2Si. The molecule has 0 saturated heterocycles. The van der Waals surface area contributed by atoms with Gasteiger partial charge in [-0.25, -0.2) is 4.79 Å². The third kappa shape index (κ3) is 10.3. The largest absolute Gasteiger partial charge is 0.506 e. The van der Waals surface area contributed by atoms with Gasteiger partial charge in [-0.1, -0.05) is 51.1 Å². The number of carbonyl (C=O) groups is 1. The van der Waals surface area contributed by atoms with Crippen LogP contribution in [-0.4, -0.2) is 79.8 Å². The molecule has 0 unspecified atom stereocenters. The van der Waals surface area contributed by atoms with E-state index in [1.165, 1.54) is 34.3 Å². The summed E-state index contributed by atoms with van der Waals surface area (Å²) in [4.78, 5) is 31.7. The minimum absolute atomic E-state index is 0.00823. The van der Waals surface area contributed by atoms with Crippen molar-refractivity contribution in [2.24, 2.45) is 0 Å². The molecule has 2 aromatic carbocycles. The van der Waals surface area contributed by atoms with Crippen molar-refractivity contribution in [2.75, 3.05) is 33.3 Å². The smallest absolute Gasteiger partial charge is 0.349 e. The molecule has 306 valence electrons. The van der Waals surface area contributed by atoms with E-state index in [1.54, 1.807) is 24.3 Å². The van der Waals surface area contributed by atoms with E-state index >= 15 is 0 Å². The summed E-state index contributed by atoms with van der Waals surface area (Å²) in [6.45, 7) is 13.8. The molecule has 4 N–H and O–H groups in total. The van der Waals surface area contributed by atoms with Gasteiger partial charge in [-0.15, -0.1) is 22.7 Å². The highest BCUT2D eigenvalue weighted by Gasteiger charge is 2.45. The van der Waals surface area contributed by atoms with Crippen LogP contribution in [0.15, 0.2) is 88.4 Å². The number of ether oxygens (including phenoxy) is 2. The van der Waals surface area contributed by atoms with Crippen molar-refractivity contribution < 1.29 is 28.9 Å². The molecule has 0 amide bonds. The monoisotopic (exact) mass is 831 g/mol. The van der Waals surface area contributed by atoms with Gasteiger partial charge in [0.15, 0.2) is 8.32 Å². The average Bonchev–Trinajstić information content (AvgIpc) is 3.93. The van der Waals surface area contributed by atoms with Crippen LogP contribution in [0.25, 0.3) is 10.9 Å². The lowest BCUT2D eigenvalue weighted by Gasteiger charge is -2.39. The number of nitrogens with one attached hydrogen (secondary N) is 2. The number of esters is 1. The first-order valence-corrected chi connectivity index (χ1v) is 24.5. The summed E-state index contributed by atoms with van der Waals surface area (Å²) in [7, 11) is -0.0458. The number of phenols is 1. The number of hydrogen-bond donors (Lipinski definition) is 4. The molecule has 0 bridgehead atoms. The SMILES string of the molecule is CN(CCOc1ccc(CCNC[C@@H](O[Si](C)(C)C(C)(C)C)c2ccc(O)c3[nH]c(=O)ccc23)cc1)C1CCC(OC(=O)C(O)(c2cccs2)c2cccs2)CC1. The number of benzene rings is 2. The topological polar surface area (TPSA) is 133 Å². The van der Waals surface area contributed by atoms with Gasteiger partial charge in [0.05, 0.1) is 21.4 Å². The van der Waals surface area contributed by atoms with E-state index in [0.29, 0.717) is 34.5 Å². The number of H-pyrrole nitrogens is 1. The van der Waals surface area contributed by atoms with Gasteiger partial charge >= 0.3 is 5.97 Å². The number of nitrogens with zero attached hydrogens (tertiary/aromatic N) is 1.